The average molecular weight is 278 g/mol. The smallest absolute Gasteiger partial charge is 0.355 e. The molecule has 1 heterocycles. The van der Waals surface area contributed by atoms with Gasteiger partial charge in [-0.15, -0.1) is 0 Å². The number of nitrogens with one attached hydrogen (secondary N) is 1. The van der Waals surface area contributed by atoms with E-state index in [2.05, 4.69) is 4.98 Å². The molecule has 4 heteroatoms. The Balaban J connectivity index is 2.57. The zero-order valence-electron chi connectivity index (χ0n) is 11.0. The molecule has 100 valence electrons. The van der Waals surface area contributed by atoms with Crippen molar-refractivity contribution in [3.05, 3.63) is 46.7 Å². The number of hydrogen-bond acceptors (Lipinski definition) is 2. The summed E-state index contributed by atoms with van der Waals surface area (Å²) in [6.07, 6.45) is 2.65. The van der Waals surface area contributed by atoms with E-state index in [1.165, 1.54) is 0 Å². The summed E-state index contributed by atoms with van der Waals surface area (Å²) in [6.45, 7) is 4.18. The monoisotopic (exact) mass is 277 g/mol. The molecule has 0 unspecified atom stereocenters. The molecule has 0 radical (unpaired) electrons. The van der Waals surface area contributed by atoms with Gasteiger partial charge in [-0.05, 0) is 25.0 Å². The van der Waals surface area contributed by atoms with Gasteiger partial charge in [0, 0.05) is 22.3 Å². The standard InChI is InChI=1S/C15H16ClNO2/c1-3-10-9-17-14(15(18)19-4-2)13(10)11-7-5-6-8-12(11)16/h5-9,17H,3-4H2,1-2H3. The van der Waals surface area contributed by atoms with Crippen LogP contribution in [0.2, 0.25) is 5.02 Å². The minimum Gasteiger partial charge on any atom is -0.461 e. The Morgan fingerprint density at radius 2 is 2.05 bits per heavy atom. The number of aryl methyl sites for hydroxylation is 1. The van der Waals surface area contributed by atoms with Gasteiger partial charge in [0.2, 0.25) is 0 Å². The van der Waals surface area contributed by atoms with Crippen LogP contribution < -0.4 is 0 Å². The van der Waals surface area contributed by atoms with Gasteiger partial charge in [-0.2, -0.15) is 0 Å². The van der Waals surface area contributed by atoms with Crippen LogP contribution in [0, 0.1) is 0 Å². The highest BCUT2D eigenvalue weighted by atomic mass is 35.5. The molecule has 0 spiro atoms. The number of ether oxygens (including phenoxy) is 1. The average Bonchev–Trinajstić information content (AvgIpc) is 2.83. The van der Waals surface area contributed by atoms with E-state index >= 15 is 0 Å². The topological polar surface area (TPSA) is 42.1 Å². The lowest BCUT2D eigenvalue weighted by atomic mass is 10.00. The van der Waals surface area contributed by atoms with Gasteiger partial charge in [0.05, 0.1) is 6.61 Å². The van der Waals surface area contributed by atoms with Crippen molar-refractivity contribution in [2.45, 2.75) is 20.3 Å². The Morgan fingerprint density at radius 1 is 1.32 bits per heavy atom. The zero-order chi connectivity index (χ0) is 13.8. The molecule has 0 bridgehead atoms. The second-order valence-corrected chi connectivity index (χ2v) is 4.52. The molecule has 1 aromatic carbocycles. The van der Waals surface area contributed by atoms with Crippen molar-refractivity contribution in [2.24, 2.45) is 0 Å². The van der Waals surface area contributed by atoms with Gasteiger partial charge in [-0.3, -0.25) is 0 Å². The number of aromatic amines is 1. The van der Waals surface area contributed by atoms with Crippen molar-refractivity contribution in [3.63, 3.8) is 0 Å². The highest BCUT2D eigenvalue weighted by Gasteiger charge is 2.20. The molecular weight excluding hydrogens is 262 g/mol. The fourth-order valence-electron chi connectivity index (χ4n) is 2.08. The van der Waals surface area contributed by atoms with Crippen LogP contribution in [0.5, 0.6) is 0 Å². The van der Waals surface area contributed by atoms with E-state index in [1.54, 1.807) is 6.92 Å². The lowest BCUT2D eigenvalue weighted by Crippen LogP contribution is -2.06. The number of esters is 1. The summed E-state index contributed by atoms with van der Waals surface area (Å²) in [6, 6.07) is 7.50. The minimum atomic E-state index is -0.350. The van der Waals surface area contributed by atoms with E-state index in [0.717, 1.165) is 23.1 Å². The van der Waals surface area contributed by atoms with Crippen LogP contribution in [0.25, 0.3) is 11.1 Å². The molecule has 19 heavy (non-hydrogen) atoms. The first-order valence-electron chi connectivity index (χ1n) is 6.31. The molecule has 0 atom stereocenters. The summed E-state index contributed by atoms with van der Waals surface area (Å²) in [5.74, 6) is -0.350. The highest BCUT2D eigenvalue weighted by molar-refractivity contribution is 6.33. The van der Waals surface area contributed by atoms with Crippen molar-refractivity contribution >= 4 is 17.6 Å². The van der Waals surface area contributed by atoms with E-state index in [4.69, 9.17) is 16.3 Å². The number of H-pyrrole nitrogens is 1. The molecule has 1 aromatic heterocycles. The number of carbonyl (C=O) groups excluding carboxylic acids is 1. The van der Waals surface area contributed by atoms with Gasteiger partial charge in [0.15, 0.2) is 0 Å². The van der Waals surface area contributed by atoms with Crippen molar-refractivity contribution in [3.8, 4) is 11.1 Å². The van der Waals surface area contributed by atoms with Crippen molar-refractivity contribution in [2.75, 3.05) is 6.61 Å². The fraction of sp³-hybridized carbons (Fsp3) is 0.267. The maximum atomic E-state index is 12.0. The number of carbonyl (C=O) groups is 1. The molecule has 2 rings (SSSR count). The van der Waals surface area contributed by atoms with E-state index in [9.17, 15) is 4.79 Å². The van der Waals surface area contributed by atoms with Crippen LogP contribution in [0.15, 0.2) is 30.5 Å². The van der Waals surface area contributed by atoms with Crippen LogP contribution >= 0.6 is 11.6 Å². The number of hydrogen-bond donors (Lipinski definition) is 1. The maximum Gasteiger partial charge on any atom is 0.355 e. The summed E-state index contributed by atoms with van der Waals surface area (Å²) in [5.41, 5.74) is 3.21. The third-order valence-electron chi connectivity index (χ3n) is 2.97. The van der Waals surface area contributed by atoms with Gasteiger partial charge in [0.1, 0.15) is 5.69 Å². The van der Waals surface area contributed by atoms with Gasteiger partial charge in [-0.25, -0.2) is 4.79 Å². The number of benzene rings is 1. The lowest BCUT2D eigenvalue weighted by molar-refractivity contribution is 0.0521. The van der Waals surface area contributed by atoms with Crippen LogP contribution in [0.4, 0.5) is 0 Å². The summed E-state index contributed by atoms with van der Waals surface area (Å²) < 4.78 is 5.07. The predicted octanol–water partition coefficient (Wildman–Crippen LogP) is 4.07. The first-order valence-corrected chi connectivity index (χ1v) is 6.69. The Hall–Kier alpha value is -1.74. The Labute approximate surface area is 117 Å². The number of rotatable bonds is 4. The molecule has 0 aliphatic rings. The third kappa shape index (κ3) is 2.66. The van der Waals surface area contributed by atoms with E-state index in [-0.39, 0.29) is 5.97 Å². The molecule has 0 amide bonds. The predicted molar refractivity (Wildman–Crippen MR) is 76.6 cm³/mol. The first kappa shape index (κ1) is 13.7. The van der Waals surface area contributed by atoms with Gasteiger partial charge in [-0.1, -0.05) is 36.7 Å². The van der Waals surface area contributed by atoms with E-state index < -0.39 is 0 Å². The third-order valence-corrected chi connectivity index (χ3v) is 3.30. The summed E-state index contributed by atoms with van der Waals surface area (Å²) in [7, 11) is 0. The second-order valence-electron chi connectivity index (χ2n) is 4.12. The number of aromatic nitrogens is 1. The van der Waals surface area contributed by atoms with Crippen LogP contribution in [-0.4, -0.2) is 17.6 Å². The van der Waals surface area contributed by atoms with E-state index in [0.29, 0.717) is 17.3 Å². The molecule has 2 aromatic rings. The van der Waals surface area contributed by atoms with Crippen molar-refractivity contribution < 1.29 is 9.53 Å². The largest absolute Gasteiger partial charge is 0.461 e. The molecule has 0 fully saturated rings. The van der Waals surface area contributed by atoms with E-state index in [1.807, 2.05) is 37.4 Å². The second kappa shape index (κ2) is 5.93. The molecule has 1 N–H and O–H groups in total. The van der Waals surface area contributed by atoms with Gasteiger partial charge < -0.3 is 9.72 Å². The first-order chi connectivity index (χ1) is 9.19. The van der Waals surface area contributed by atoms with Crippen molar-refractivity contribution in [1.82, 2.24) is 4.98 Å². The molecular formula is C15H16ClNO2. The maximum absolute atomic E-state index is 12.0. The Morgan fingerprint density at radius 3 is 2.68 bits per heavy atom. The molecule has 0 saturated heterocycles. The van der Waals surface area contributed by atoms with Crippen LogP contribution in [-0.2, 0) is 11.2 Å². The lowest BCUT2D eigenvalue weighted by Gasteiger charge is -2.08. The SMILES string of the molecule is CCOC(=O)c1[nH]cc(CC)c1-c1ccccc1Cl. The van der Waals surface area contributed by atoms with Gasteiger partial charge in [0.25, 0.3) is 0 Å². The summed E-state index contributed by atoms with van der Waals surface area (Å²) in [5, 5.41) is 0.627. The van der Waals surface area contributed by atoms with Crippen LogP contribution in [0.1, 0.15) is 29.9 Å². The highest BCUT2D eigenvalue weighted by Crippen LogP contribution is 2.33. The summed E-state index contributed by atoms with van der Waals surface area (Å²) >= 11 is 6.23. The Bertz CT molecular complexity index is 590. The summed E-state index contributed by atoms with van der Waals surface area (Å²) in [4.78, 5) is 15.0. The fourth-order valence-corrected chi connectivity index (χ4v) is 2.31. The molecule has 3 nitrogen and oxygen atoms in total. The number of halogens is 1. The Kier molecular flexibility index (Phi) is 4.27. The zero-order valence-corrected chi connectivity index (χ0v) is 11.8. The quantitative estimate of drug-likeness (QED) is 0.856. The van der Waals surface area contributed by atoms with Gasteiger partial charge >= 0.3 is 5.97 Å². The molecule has 0 aliphatic carbocycles. The minimum absolute atomic E-state index is 0.348. The molecule has 0 aliphatic heterocycles. The normalized spacial score (nSPS) is 10.5. The van der Waals surface area contributed by atoms with Crippen molar-refractivity contribution in [1.29, 1.82) is 0 Å². The van der Waals surface area contributed by atoms with Crippen LogP contribution in [0.3, 0.4) is 0 Å². The molecule has 0 saturated carbocycles.